The monoisotopic (exact) mass is 630 g/mol. The summed E-state index contributed by atoms with van der Waals surface area (Å²) in [5, 5.41) is 19.9. The zero-order valence-electron chi connectivity index (χ0n) is 28.7. The van der Waals surface area contributed by atoms with Crippen molar-refractivity contribution in [1.82, 2.24) is 0 Å². The fourth-order valence-electron chi connectivity index (χ4n) is 4.62. The van der Waals surface area contributed by atoms with Gasteiger partial charge in [0.2, 0.25) is 0 Å². The number of esters is 2. The van der Waals surface area contributed by atoms with Gasteiger partial charge in [-0.25, -0.2) is 0 Å². The average molecular weight is 631 g/mol. The lowest BCUT2D eigenvalue weighted by molar-refractivity contribution is -0.152. The summed E-state index contributed by atoms with van der Waals surface area (Å²) in [6.07, 6.45) is 40.2. The molecule has 0 aromatic carbocycles. The molecule has 0 aliphatic heterocycles. The van der Waals surface area contributed by atoms with Crippen LogP contribution in [-0.4, -0.2) is 47.6 Å². The molecule has 0 rings (SSSR count). The van der Waals surface area contributed by atoms with E-state index in [-0.39, 0.29) is 31.6 Å². The van der Waals surface area contributed by atoms with Crippen LogP contribution in [0.15, 0.2) is 60.8 Å². The van der Waals surface area contributed by atoms with Crippen molar-refractivity contribution < 1.29 is 29.3 Å². The largest absolute Gasteiger partial charge is 0.463 e. The van der Waals surface area contributed by atoms with Gasteiger partial charge in [0.1, 0.15) is 19.3 Å². The molecule has 0 radical (unpaired) electrons. The van der Waals surface area contributed by atoms with E-state index in [1.165, 1.54) is 64.2 Å². The molecular formula is C39H66O6. The highest BCUT2D eigenvalue weighted by Gasteiger charge is 2.12. The molecule has 0 aromatic heterocycles. The molecule has 0 spiro atoms. The van der Waals surface area contributed by atoms with Gasteiger partial charge >= 0.3 is 11.9 Å². The van der Waals surface area contributed by atoms with Crippen molar-refractivity contribution in [3.8, 4) is 0 Å². The van der Waals surface area contributed by atoms with Gasteiger partial charge in [0, 0.05) is 12.8 Å². The van der Waals surface area contributed by atoms with Crippen molar-refractivity contribution >= 4 is 11.9 Å². The molecule has 0 amide bonds. The molecule has 1 unspecified atom stereocenters. The van der Waals surface area contributed by atoms with Crippen LogP contribution < -0.4 is 0 Å². The van der Waals surface area contributed by atoms with Crippen LogP contribution in [0.25, 0.3) is 0 Å². The molecule has 45 heavy (non-hydrogen) atoms. The maximum Gasteiger partial charge on any atom is 0.305 e. The minimum Gasteiger partial charge on any atom is -0.463 e. The van der Waals surface area contributed by atoms with E-state index in [9.17, 15) is 19.8 Å². The first-order chi connectivity index (χ1) is 22.0. The second-order valence-corrected chi connectivity index (χ2v) is 11.8. The molecule has 6 nitrogen and oxygen atoms in total. The SMILES string of the molecule is CC/C=C\C/C=C\CC(O)/C=C/C=C\C/C=C\CCCC(=O)OC[C@@H](O)COC(=O)CCCCCCCCCCCCCCC. The minimum atomic E-state index is -1.00. The summed E-state index contributed by atoms with van der Waals surface area (Å²) < 4.78 is 10.2. The Morgan fingerprint density at radius 3 is 1.69 bits per heavy atom. The second kappa shape index (κ2) is 34.4. The first kappa shape index (κ1) is 42.6. The molecule has 0 aromatic rings. The van der Waals surface area contributed by atoms with Gasteiger partial charge < -0.3 is 19.7 Å². The van der Waals surface area contributed by atoms with Gasteiger partial charge in [0.05, 0.1) is 6.10 Å². The number of hydrogen-bond donors (Lipinski definition) is 2. The zero-order valence-corrected chi connectivity index (χ0v) is 28.7. The lowest BCUT2D eigenvalue weighted by atomic mass is 10.0. The minimum absolute atomic E-state index is 0.150. The predicted octanol–water partition coefficient (Wildman–Crippen LogP) is 9.81. The van der Waals surface area contributed by atoms with Crippen molar-refractivity contribution in [3.63, 3.8) is 0 Å². The average Bonchev–Trinajstić information content (AvgIpc) is 3.03. The van der Waals surface area contributed by atoms with E-state index in [4.69, 9.17) is 9.47 Å². The summed E-state index contributed by atoms with van der Waals surface area (Å²) in [7, 11) is 0. The highest BCUT2D eigenvalue weighted by atomic mass is 16.6. The molecule has 258 valence electrons. The summed E-state index contributed by atoms with van der Waals surface area (Å²) in [6, 6.07) is 0. The highest BCUT2D eigenvalue weighted by molar-refractivity contribution is 5.69. The number of carbonyl (C=O) groups excluding carboxylic acids is 2. The number of ether oxygens (including phenoxy) is 2. The third-order valence-electron chi connectivity index (χ3n) is 7.35. The quantitative estimate of drug-likeness (QED) is 0.0343. The van der Waals surface area contributed by atoms with E-state index in [1.54, 1.807) is 6.08 Å². The van der Waals surface area contributed by atoms with Crippen LogP contribution in [0.3, 0.4) is 0 Å². The summed E-state index contributed by atoms with van der Waals surface area (Å²) in [4.78, 5) is 23.8. The Balaban J connectivity index is 3.64. The lowest BCUT2D eigenvalue weighted by Gasteiger charge is -2.12. The molecule has 0 aliphatic carbocycles. The first-order valence-corrected chi connectivity index (χ1v) is 17.9. The number of aliphatic hydroxyl groups excluding tert-OH is 2. The van der Waals surface area contributed by atoms with E-state index < -0.39 is 12.2 Å². The maximum absolute atomic E-state index is 11.9. The molecule has 0 saturated carbocycles. The van der Waals surface area contributed by atoms with Crippen LogP contribution in [0.1, 0.15) is 149 Å². The molecule has 0 bridgehead atoms. The molecule has 6 heteroatoms. The Bertz CT molecular complexity index is 825. The van der Waals surface area contributed by atoms with Crippen molar-refractivity contribution in [3.05, 3.63) is 60.8 Å². The summed E-state index contributed by atoms with van der Waals surface area (Å²) in [5.74, 6) is -0.672. The summed E-state index contributed by atoms with van der Waals surface area (Å²) in [6.45, 7) is 4.05. The van der Waals surface area contributed by atoms with E-state index in [0.717, 1.165) is 44.9 Å². The Morgan fingerprint density at radius 2 is 1.09 bits per heavy atom. The number of rotatable bonds is 31. The van der Waals surface area contributed by atoms with Gasteiger partial charge in [-0.1, -0.05) is 152 Å². The van der Waals surface area contributed by atoms with E-state index in [2.05, 4.69) is 32.1 Å². The highest BCUT2D eigenvalue weighted by Crippen LogP contribution is 2.13. The number of carbonyl (C=O) groups is 2. The van der Waals surface area contributed by atoms with E-state index in [0.29, 0.717) is 19.3 Å². The molecule has 2 atom stereocenters. The topological polar surface area (TPSA) is 93.1 Å². The first-order valence-electron chi connectivity index (χ1n) is 17.9. The fourth-order valence-corrected chi connectivity index (χ4v) is 4.62. The molecule has 0 fully saturated rings. The van der Waals surface area contributed by atoms with Crippen molar-refractivity contribution in [2.75, 3.05) is 13.2 Å². The summed E-state index contributed by atoms with van der Waals surface area (Å²) in [5.41, 5.74) is 0. The Hall–Kier alpha value is -2.44. The number of hydrogen-bond acceptors (Lipinski definition) is 6. The van der Waals surface area contributed by atoms with Gasteiger partial charge in [0.15, 0.2) is 0 Å². The Morgan fingerprint density at radius 1 is 0.578 bits per heavy atom. The number of unbranched alkanes of at least 4 members (excludes halogenated alkanes) is 13. The third-order valence-corrected chi connectivity index (χ3v) is 7.35. The molecule has 0 heterocycles. The van der Waals surface area contributed by atoms with Gasteiger partial charge in [-0.05, 0) is 44.9 Å². The van der Waals surface area contributed by atoms with Crippen LogP contribution >= 0.6 is 0 Å². The van der Waals surface area contributed by atoms with Crippen LogP contribution in [-0.2, 0) is 19.1 Å². The van der Waals surface area contributed by atoms with Gasteiger partial charge in [-0.15, -0.1) is 0 Å². The molecule has 0 aliphatic rings. The Kier molecular flexibility index (Phi) is 32.6. The maximum atomic E-state index is 11.9. The Labute approximate surface area is 275 Å². The van der Waals surface area contributed by atoms with Gasteiger partial charge in [-0.2, -0.15) is 0 Å². The smallest absolute Gasteiger partial charge is 0.305 e. The fraction of sp³-hybridized carbons (Fsp3) is 0.692. The second-order valence-electron chi connectivity index (χ2n) is 11.8. The van der Waals surface area contributed by atoms with E-state index in [1.807, 2.05) is 36.5 Å². The van der Waals surface area contributed by atoms with Crippen LogP contribution in [0, 0.1) is 0 Å². The molecule has 0 saturated heterocycles. The van der Waals surface area contributed by atoms with Crippen LogP contribution in [0.4, 0.5) is 0 Å². The van der Waals surface area contributed by atoms with E-state index >= 15 is 0 Å². The summed E-state index contributed by atoms with van der Waals surface area (Å²) >= 11 is 0. The molecular weight excluding hydrogens is 564 g/mol. The van der Waals surface area contributed by atoms with Crippen molar-refractivity contribution in [1.29, 1.82) is 0 Å². The predicted molar refractivity (Wildman–Crippen MR) is 188 cm³/mol. The standard InChI is InChI=1S/C39H66O6/c1-3-5-7-9-11-12-13-14-15-16-20-24-28-32-38(42)44-34-37(41)35-45-39(43)33-29-25-21-18-17-19-23-27-31-36(40)30-26-22-10-8-6-4-2/h6,8,18-19,21-23,26-27,31,36-37,40-41H,3-5,7,9-17,20,24-25,28-30,32-35H2,1-2H3/b8-6-,21-18-,23-19-,26-22-,31-27+/t36?,37-/m0/s1. The number of allylic oxidation sites excluding steroid dienone is 8. The van der Waals surface area contributed by atoms with Crippen molar-refractivity contribution in [2.24, 2.45) is 0 Å². The van der Waals surface area contributed by atoms with Gasteiger partial charge in [0.25, 0.3) is 0 Å². The number of aliphatic hydroxyl groups is 2. The van der Waals surface area contributed by atoms with Crippen LogP contribution in [0.5, 0.6) is 0 Å². The van der Waals surface area contributed by atoms with Crippen molar-refractivity contribution in [2.45, 2.75) is 161 Å². The molecule has 2 N–H and O–H groups in total. The normalized spacial score (nSPS) is 13.6. The zero-order chi connectivity index (χ0) is 33.1. The third kappa shape index (κ3) is 34.3. The van der Waals surface area contributed by atoms with Crippen LogP contribution in [0.2, 0.25) is 0 Å². The lowest BCUT2D eigenvalue weighted by Crippen LogP contribution is -2.25. The van der Waals surface area contributed by atoms with Gasteiger partial charge in [-0.3, -0.25) is 9.59 Å².